The summed E-state index contributed by atoms with van der Waals surface area (Å²) < 4.78 is 5.46. The summed E-state index contributed by atoms with van der Waals surface area (Å²) in [6, 6.07) is 7.04. The van der Waals surface area contributed by atoms with Crippen LogP contribution in [0.25, 0.3) is 0 Å². The summed E-state index contributed by atoms with van der Waals surface area (Å²) in [6.07, 6.45) is 0.407. The standard InChI is InChI=1S/C12H18N2O2/c1-3-7-14-12(15)9(2)16-11-6-4-5-10(13)8-11/h4-6,8-9H,3,7,13H2,1-2H3,(H,14,15)/t9-/m0/s1. The Labute approximate surface area is 95.8 Å². The first-order chi connectivity index (χ1) is 7.63. The summed E-state index contributed by atoms with van der Waals surface area (Å²) >= 11 is 0. The van der Waals surface area contributed by atoms with Gasteiger partial charge in [0.1, 0.15) is 5.75 Å². The van der Waals surface area contributed by atoms with Gasteiger partial charge in [-0.2, -0.15) is 0 Å². The summed E-state index contributed by atoms with van der Waals surface area (Å²) in [5.74, 6) is 0.503. The molecule has 0 aromatic heterocycles. The van der Waals surface area contributed by atoms with Crippen molar-refractivity contribution in [3.63, 3.8) is 0 Å². The van der Waals surface area contributed by atoms with Gasteiger partial charge in [0, 0.05) is 18.3 Å². The predicted molar refractivity (Wildman–Crippen MR) is 64.2 cm³/mol. The van der Waals surface area contributed by atoms with Crippen LogP contribution in [0.3, 0.4) is 0 Å². The van der Waals surface area contributed by atoms with Gasteiger partial charge in [0.2, 0.25) is 0 Å². The summed E-state index contributed by atoms with van der Waals surface area (Å²) in [6.45, 7) is 4.39. The van der Waals surface area contributed by atoms with Gasteiger partial charge in [-0.25, -0.2) is 0 Å². The number of anilines is 1. The van der Waals surface area contributed by atoms with Gasteiger partial charge in [-0.3, -0.25) is 4.79 Å². The molecular weight excluding hydrogens is 204 g/mol. The third kappa shape index (κ3) is 3.81. The number of nitrogens with two attached hydrogens (primary N) is 1. The third-order valence-electron chi connectivity index (χ3n) is 2.09. The highest BCUT2D eigenvalue weighted by Gasteiger charge is 2.13. The molecule has 0 radical (unpaired) electrons. The summed E-state index contributed by atoms with van der Waals surface area (Å²) in [5.41, 5.74) is 6.23. The van der Waals surface area contributed by atoms with Crippen molar-refractivity contribution in [2.45, 2.75) is 26.4 Å². The summed E-state index contributed by atoms with van der Waals surface area (Å²) in [7, 11) is 0. The van der Waals surface area contributed by atoms with Crippen molar-refractivity contribution in [3.05, 3.63) is 24.3 Å². The first-order valence-corrected chi connectivity index (χ1v) is 5.43. The summed E-state index contributed by atoms with van der Waals surface area (Å²) in [4.78, 5) is 11.5. The number of hydrogen-bond donors (Lipinski definition) is 2. The SMILES string of the molecule is CCCNC(=O)[C@H](C)Oc1cccc(N)c1. The Bertz CT molecular complexity index is 353. The monoisotopic (exact) mass is 222 g/mol. The summed E-state index contributed by atoms with van der Waals surface area (Å²) in [5, 5.41) is 2.77. The van der Waals surface area contributed by atoms with Crippen molar-refractivity contribution in [2.75, 3.05) is 12.3 Å². The molecule has 0 fully saturated rings. The van der Waals surface area contributed by atoms with E-state index in [1.807, 2.05) is 6.92 Å². The molecule has 1 amide bonds. The lowest BCUT2D eigenvalue weighted by molar-refractivity contribution is -0.127. The van der Waals surface area contributed by atoms with E-state index in [2.05, 4.69) is 5.32 Å². The first-order valence-electron chi connectivity index (χ1n) is 5.43. The predicted octanol–water partition coefficient (Wildman–Crippen LogP) is 1.56. The van der Waals surface area contributed by atoms with Crippen molar-refractivity contribution in [1.29, 1.82) is 0 Å². The van der Waals surface area contributed by atoms with E-state index in [0.717, 1.165) is 6.42 Å². The molecule has 0 heterocycles. The smallest absolute Gasteiger partial charge is 0.260 e. The molecule has 0 bridgehead atoms. The molecule has 1 atom stereocenters. The number of amides is 1. The van der Waals surface area contributed by atoms with Crippen molar-refractivity contribution in [3.8, 4) is 5.75 Å². The lowest BCUT2D eigenvalue weighted by atomic mass is 10.3. The fraction of sp³-hybridized carbons (Fsp3) is 0.417. The zero-order chi connectivity index (χ0) is 12.0. The molecule has 0 unspecified atom stereocenters. The number of benzene rings is 1. The van der Waals surface area contributed by atoms with Gasteiger partial charge in [-0.15, -0.1) is 0 Å². The van der Waals surface area contributed by atoms with E-state index in [9.17, 15) is 4.79 Å². The van der Waals surface area contributed by atoms with Gasteiger partial charge >= 0.3 is 0 Å². The number of hydrogen-bond acceptors (Lipinski definition) is 3. The van der Waals surface area contributed by atoms with Gasteiger partial charge in [-0.1, -0.05) is 13.0 Å². The number of rotatable bonds is 5. The second-order valence-corrected chi connectivity index (χ2v) is 3.62. The number of nitrogens with one attached hydrogen (secondary N) is 1. The first kappa shape index (κ1) is 12.4. The Morgan fingerprint density at radius 1 is 1.56 bits per heavy atom. The number of ether oxygens (including phenoxy) is 1. The van der Waals surface area contributed by atoms with Gasteiger partial charge in [-0.05, 0) is 25.5 Å². The molecule has 0 spiro atoms. The molecular formula is C12H18N2O2. The van der Waals surface area contributed by atoms with Crippen molar-refractivity contribution in [1.82, 2.24) is 5.32 Å². The van der Waals surface area contributed by atoms with Crippen LogP contribution in [0.4, 0.5) is 5.69 Å². The Balaban J connectivity index is 2.50. The van der Waals surface area contributed by atoms with E-state index < -0.39 is 6.10 Å². The third-order valence-corrected chi connectivity index (χ3v) is 2.09. The fourth-order valence-corrected chi connectivity index (χ4v) is 1.24. The van der Waals surface area contributed by atoms with Gasteiger partial charge in [0.25, 0.3) is 5.91 Å². The Hall–Kier alpha value is -1.71. The molecule has 3 N–H and O–H groups in total. The number of carbonyl (C=O) groups excluding carboxylic acids is 1. The highest BCUT2D eigenvalue weighted by Crippen LogP contribution is 2.15. The maximum atomic E-state index is 11.5. The van der Waals surface area contributed by atoms with Crippen molar-refractivity contribution in [2.24, 2.45) is 0 Å². The highest BCUT2D eigenvalue weighted by molar-refractivity contribution is 5.80. The average molecular weight is 222 g/mol. The minimum atomic E-state index is -0.506. The lowest BCUT2D eigenvalue weighted by Crippen LogP contribution is -2.36. The zero-order valence-corrected chi connectivity index (χ0v) is 9.69. The molecule has 88 valence electrons. The second kappa shape index (κ2) is 6.00. The van der Waals surface area contributed by atoms with E-state index in [1.165, 1.54) is 0 Å². The Kier molecular flexibility index (Phi) is 4.64. The van der Waals surface area contributed by atoms with Crippen LogP contribution in [0.15, 0.2) is 24.3 Å². The number of nitrogen functional groups attached to an aromatic ring is 1. The molecule has 1 aromatic rings. The topological polar surface area (TPSA) is 64.3 Å². The van der Waals surface area contributed by atoms with E-state index in [1.54, 1.807) is 31.2 Å². The highest BCUT2D eigenvalue weighted by atomic mass is 16.5. The maximum Gasteiger partial charge on any atom is 0.260 e. The maximum absolute atomic E-state index is 11.5. The van der Waals surface area contributed by atoms with E-state index in [-0.39, 0.29) is 5.91 Å². The Morgan fingerprint density at radius 3 is 2.94 bits per heavy atom. The molecule has 1 rings (SSSR count). The fourth-order valence-electron chi connectivity index (χ4n) is 1.24. The van der Waals surface area contributed by atoms with Crippen LogP contribution < -0.4 is 15.8 Å². The van der Waals surface area contributed by atoms with Crippen molar-refractivity contribution >= 4 is 11.6 Å². The lowest BCUT2D eigenvalue weighted by Gasteiger charge is -2.14. The average Bonchev–Trinajstić information content (AvgIpc) is 2.25. The minimum absolute atomic E-state index is 0.107. The zero-order valence-electron chi connectivity index (χ0n) is 9.69. The minimum Gasteiger partial charge on any atom is -0.481 e. The van der Waals surface area contributed by atoms with Gasteiger partial charge in [0.15, 0.2) is 6.10 Å². The molecule has 4 nitrogen and oxygen atoms in total. The van der Waals surface area contributed by atoms with Crippen LogP contribution in [0, 0.1) is 0 Å². The second-order valence-electron chi connectivity index (χ2n) is 3.62. The molecule has 0 aliphatic rings. The van der Waals surface area contributed by atoms with Crippen LogP contribution in [-0.2, 0) is 4.79 Å². The molecule has 4 heteroatoms. The quantitative estimate of drug-likeness (QED) is 0.743. The largest absolute Gasteiger partial charge is 0.481 e. The van der Waals surface area contributed by atoms with Crippen LogP contribution in [0.5, 0.6) is 5.75 Å². The van der Waals surface area contributed by atoms with E-state index in [0.29, 0.717) is 18.0 Å². The normalized spacial score (nSPS) is 11.9. The van der Waals surface area contributed by atoms with Crippen LogP contribution in [-0.4, -0.2) is 18.6 Å². The molecule has 0 aliphatic carbocycles. The Morgan fingerprint density at radius 2 is 2.31 bits per heavy atom. The number of carbonyl (C=O) groups is 1. The van der Waals surface area contributed by atoms with Gasteiger partial charge in [0.05, 0.1) is 0 Å². The van der Waals surface area contributed by atoms with Gasteiger partial charge < -0.3 is 15.8 Å². The van der Waals surface area contributed by atoms with Crippen LogP contribution in [0.1, 0.15) is 20.3 Å². The van der Waals surface area contributed by atoms with Crippen LogP contribution in [0.2, 0.25) is 0 Å². The molecule has 1 aromatic carbocycles. The molecule has 0 saturated carbocycles. The van der Waals surface area contributed by atoms with Crippen molar-refractivity contribution < 1.29 is 9.53 Å². The van der Waals surface area contributed by atoms with E-state index in [4.69, 9.17) is 10.5 Å². The van der Waals surface area contributed by atoms with Crippen LogP contribution >= 0.6 is 0 Å². The molecule has 0 saturated heterocycles. The van der Waals surface area contributed by atoms with E-state index >= 15 is 0 Å². The molecule has 0 aliphatic heterocycles. The molecule has 16 heavy (non-hydrogen) atoms.